The first-order valence-corrected chi connectivity index (χ1v) is 10.7. The third-order valence-electron chi connectivity index (χ3n) is 4.47. The Morgan fingerprint density at radius 3 is 2.79 bits per heavy atom. The highest BCUT2D eigenvalue weighted by molar-refractivity contribution is 7.99. The molecule has 1 fully saturated rings. The molecule has 0 unspecified atom stereocenters. The van der Waals surface area contributed by atoms with Gasteiger partial charge in [0, 0.05) is 29.3 Å². The van der Waals surface area contributed by atoms with Crippen LogP contribution in [0.1, 0.15) is 5.82 Å². The van der Waals surface area contributed by atoms with Gasteiger partial charge in [-0.2, -0.15) is 0 Å². The van der Waals surface area contributed by atoms with E-state index in [2.05, 4.69) is 11.0 Å². The van der Waals surface area contributed by atoms with Crippen LogP contribution in [0, 0.1) is 0 Å². The van der Waals surface area contributed by atoms with Crippen molar-refractivity contribution in [2.24, 2.45) is 0 Å². The smallest absolute Gasteiger partial charge is 0.144 e. The normalized spacial score (nSPS) is 15.0. The van der Waals surface area contributed by atoms with E-state index in [9.17, 15) is 0 Å². The molecule has 0 N–H and O–H groups in total. The predicted molar refractivity (Wildman–Crippen MR) is 113 cm³/mol. The minimum Gasteiger partial charge on any atom is -0.493 e. The van der Waals surface area contributed by atoms with Crippen molar-refractivity contribution in [2.75, 3.05) is 38.7 Å². The molecule has 1 saturated heterocycles. The summed E-state index contributed by atoms with van der Waals surface area (Å²) in [7, 11) is 0. The molecule has 4 rings (SSSR count). The molecule has 1 aliphatic heterocycles. The molecule has 0 amide bonds. The molecule has 1 aliphatic rings. The summed E-state index contributed by atoms with van der Waals surface area (Å²) >= 11 is 7.70. The maximum Gasteiger partial charge on any atom is 0.144 e. The second kappa shape index (κ2) is 9.56. The number of benzene rings is 2. The quantitative estimate of drug-likeness (QED) is 0.326. The van der Waals surface area contributed by atoms with Gasteiger partial charge in [-0.05, 0) is 24.3 Å². The number of morpholine rings is 1. The Hall–Kier alpha value is -1.86. The second-order valence-electron chi connectivity index (χ2n) is 6.50. The van der Waals surface area contributed by atoms with Gasteiger partial charge in [0.15, 0.2) is 0 Å². The van der Waals surface area contributed by atoms with Crippen LogP contribution in [0.2, 0.25) is 5.02 Å². The zero-order chi connectivity index (χ0) is 19.2. The third kappa shape index (κ3) is 5.14. The minimum atomic E-state index is 0.585. The van der Waals surface area contributed by atoms with Crippen LogP contribution < -0.4 is 4.74 Å². The average Bonchev–Trinajstić information content (AvgIpc) is 2.72. The van der Waals surface area contributed by atoms with Gasteiger partial charge in [0.05, 0.1) is 31.9 Å². The molecule has 1 aromatic heterocycles. The van der Waals surface area contributed by atoms with Crippen molar-refractivity contribution in [2.45, 2.75) is 11.6 Å². The third-order valence-corrected chi connectivity index (χ3v) is 5.66. The standard InChI is InChI=1S/C21H22ClN3O2S/c22-16-4-3-5-17(14-16)27-12-13-28-21-18-6-1-2-7-19(18)23-20(24-21)15-25-8-10-26-11-9-25/h1-7,14H,8-13,15H2. The summed E-state index contributed by atoms with van der Waals surface area (Å²) in [6.45, 7) is 4.73. The number of rotatable bonds is 7. The Morgan fingerprint density at radius 1 is 1.07 bits per heavy atom. The van der Waals surface area contributed by atoms with Gasteiger partial charge in [-0.1, -0.05) is 35.9 Å². The number of ether oxygens (including phenoxy) is 2. The number of fused-ring (bicyclic) bond motifs is 1. The molecule has 2 aromatic carbocycles. The van der Waals surface area contributed by atoms with Crippen LogP contribution in [0.5, 0.6) is 5.75 Å². The molecule has 0 radical (unpaired) electrons. The lowest BCUT2D eigenvalue weighted by Gasteiger charge is -2.25. The van der Waals surface area contributed by atoms with E-state index in [1.807, 2.05) is 42.5 Å². The molecule has 5 nitrogen and oxygen atoms in total. The number of thioether (sulfide) groups is 1. The molecule has 7 heteroatoms. The van der Waals surface area contributed by atoms with E-state index < -0.39 is 0 Å². The van der Waals surface area contributed by atoms with Gasteiger partial charge in [0.2, 0.25) is 0 Å². The predicted octanol–water partition coefficient (Wildman–Crippen LogP) is 4.29. The summed E-state index contributed by atoms with van der Waals surface area (Å²) in [4.78, 5) is 11.9. The fourth-order valence-electron chi connectivity index (χ4n) is 3.09. The van der Waals surface area contributed by atoms with Crippen molar-refractivity contribution >= 4 is 34.3 Å². The Bertz CT molecular complexity index is 934. The number of halogens is 1. The van der Waals surface area contributed by atoms with Crippen molar-refractivity contribution in [3.05, 3.63) is 59.4 Å². The maximum atomic E-state index is 6.00. The monoisotopic (exact) mass is 415 g/mol. The lowest BCUT2D eigenvalue weighted by atomic mass is 10.2. The first-order chi connectivity index (χ1) is 13.8. The summed E-state index contributed by atoms with van der Waals surface area (Å²) < 4.78 is 11.2. The van der Waals surface area contributed by atoms with Gasteiger partial charge >= 0.3 is 0 Å². The number of nitrogens with zero attached hydrogens (tertiary/aromatic N) is 3. The van der Waals surface area contributed by atoms with Crippen molar-refractivity contribution in [1.82, 2.24) is 14.9 Å². The van der Waals surface area contributed by atoms with E-state index in [0.29, 0.717) is 11.6 Å². The first-order valence-electron chi connectivity index (χ1n) is 9.35. The molecule has 3 aromatic rings. The van der Waals surface area contributed by atoms with Gasteiger partial charge < -0.3 is 9.47 Å². The Balaban J connectivity index is 1.44. The van der Waals surface area contributed by atoms with Crippen LogP contribution >= 0.6 is 23.4 Å². The first kappa shape index (κ1) is 19.5. The Morgan fingerprint density at radius 2 is 1.93 bits per heavy atom. The number of hydrogen-bond acceptors (Lipinski definition) is 6. The number of para-hydroxylation sites is 1. The molecule has 0 spiro atoms. The zero-order valence-electron chi connectivity index (χ0n) is 15.5. The van der Waals surface area contributed by atoms with Gasteiger partial charge in [-0.25, -0.2) is 9.97 Å². The van der Waals surface area contributed by atoms with Crippen LogP contribution in [0.4, 0.5) is 0 Å². The lowest BCUT2D eigenvalue weighted by molar-refractivity contribution is 0.0330. The highest BCUT2D eigenvalue weighted by atomic mass is 35.5. The fourth-order valence-corrected chi connectivity index (χ4v) is 4.13. The van der Waals surface area contributed by atoms with Gasteiger partial charge in [-0.15, -0.1) is 11.8 Å². The van der Waals surface area contributed by atoms with E-state index >= 15 is 0 Å². The van der Waals surface area contributed by atoms with Crippen LogP contribution in [0.15, 0.2) is 53.6 Å². The van der Waals surface area contributed by atoms with E-state index in [4.69, 9.17) is 31.0 Å². The Kier molecular flexibility index (Phi) is 6.65. The highest BCUT2D eigenvalue weighted by Gasteiger charge is 2.14. The van der Waals surface area contributed by atoms with Crippen LogP contribution in [-0.4, -0.2) is 53.5 Å². The summed E-state index contributed by atoms with van der Waals surface area (Å²) in [5.41, 5.74) is 0.985. The van der Waals surface area contributed by atoms with Crippen molar-refractivity contribution < 1.29 is 9.47 Å². The molecule has 28 heavy (non-hydrogen) atoms. The van der Waals surface area contributed by atoms with Crippen molar-refractivity contribution in [3.8, 4) is 5.75 Å². The molecule has 2 heterocycles. The van der Waals surface area contributed by atoms with E-state index in [1.165, 1.54) is 0 Å². The van der Waals surface area contributed by atoms with E-state index in [-0.39, 0.29) is 0 Å². The zero-order valence-corrected chi connectivity index (χ0v) is 17.1. The molecular weight excluding hydrogens is 394 g/mol. The maximum absolute atomic E-state index is 6.00. The van der Waals surface area contributed by atoms with Gasteiger partial charge in [0.1, 0.15) is 16.6 Å². The topological polar surface area (TPSA) is 47.5 Å². The molecule has 0 atom stereocenters. The molecule has 146 valence electrons. The van der Waals surface area contributed by atoms with Crippen molar-refractivity contribution in [1.29, 1.82) is 0 Å². The van der Waals surface area contributed by atoms with E-state index in [1.54, 1.807) is 11.8 Å². The van der Waals surface area contributed by atoms with Crippen LogP contribution in [-0.2, 0) is 11.3 Å². The molecule has 0 aliphatic carbocycles. The van der Waals surface area contributed by atoms with Crippen LogP contribution in [0.25, 0.3) is 10.9 Å². The van der Waals surface area contributed by atoms with Crippen LogP contribution in [0.3, 0.4) is 0 Å². The van der Waals surface area contributed by atoms with Gasteiger partial charge in [-0.3, -0.25) is 4.90 Å². The molecule has 0 saturated carbocycles. The average molecular weight is 416 g/mol. The SMILES string of the molecule is Clc1cccc(OCCSc2nc(CN3CCOCC3)nc3ccccc23)c1. The summed E-state index contributed by atoms with van der Waals surface area (Å²) in [5, 5.41) is 2.77. The van der Waals surface area contributed by atoms with Crippen molar-refractivity contribution in [3.63, 3.8) is 0 Å². The summed E-state index contributed by atoms with van der Waals surface area (Å²) in [6.07, 6.45) is 0. The fraction of sp³-hybridized carbons (Fsp3) is 0.333. The largest absolute Gasteiger partial charge is 0.493 e. The lowest BCUT2D eigenvalue weighted by Crippen LogP contribution is -2.36. The second-order valence-corrected chi connectivity index (χ2v) is 8.03. The Labute approximate surface area is 174 Å². The van der Waals surface area contributed by atoms with E-state index in [0.717, 1.165) is 66.1 Å². The summed E-state index contributed by atoms with van der Waals surface area (Å²) in [5.74, 6) is 2.44. The van der Waals surface area contributed by atoms with Gasteiger partial charge in [0.25, 0.3) is 0 Å². The highest BCUT2D eigenvalue weighted by Crippen LogP contribution is 2.26. The molecule has 0 bridgehead atoms. The molecular formula is C21H22ClN3O2S. The minimum absolute atomic E-state index is 0.585. The summed E-state index contributed by atoms with van der Waals surface area (Å²) in [6, 6.07) is 15.6. The number of hydrogen-bond donors (Lipinski definition) is 0. The number of aromatic nitrogens is 2.